The van der Waals surface area contributed by atoms with Crippen LogP contribution in [0.1, 0.15) is 57.4 Å². The van der Waals surface area contributed by atoms with Gasteiger partial charge in [0.05, 0.1) is 19.3 Å². The Labute approximate surface area is 192 Å². The molecule has 1 heterocycles. The maximum Gasteiger partial charge on any atom is 0.165 e. The Morgan fingerprint density at radius 2 is 1.69 bits per heavy atom. The fourth-order valence-electron chi connectivity index (χ4n) is 5.49. The van der Waals surface area contributed by atoms with Crippen LogP contribution in [0.2, 0.25) is 0 Å². The third-order valence-electron chi connectivity index (χ3n) is 7.53. The van der Waals surface area contributed by atoms with Crippen LogP contribution < -0.4 is 4.74 Å². The Kier molecular flexibility index (Phi) is 8.02. The van der Waals surface area contributed by atoms with Gasteiger partial charge in [-0.1, -0.05) is 49.2 Å². The Bertz CT molecular complexity index is 859. The molecule has 1 aliphatic carbocycles. The summed E-state index contributed by atoms with van der Waals surface area (Å²) in [6.45, 7) is 7.13. The molecule has 1 saturated heterocycles. The molecule has 2 unspecified atom stereocenters. The predicted molar refractivity (Wildman–Crippen MR) is 129 cm³/mol. The molecular formula is C29H37FO2. The van der Waals surface area contributed by atoms with Crippen molar-refractivity contribution in [3.05, 3.63) is 66.5 Å². The van der Waals surface area contributed by atoms with E-state index >= 15 is 0 Å². The van der Waals surface area contributed by atoms with Crippen molar-refractivity contribution in [2.75, 3.05) is 13.2 Å². The minimum atomic E-state index is -0.302. The predicted octanol–water partition coefficient (Wildman–Crippen LogP) is 7.61. The SMILES string of the molecule is C=CC1CCC(C2CCC(CCc3ccc(-c4ccc(OCC)c(F)c4)cc3)CC2)CO1. The number of hydrogen-bond donors (Lipinski definition) is 0. The molecule has 0 aromatic heterocycles. The largest absolute Gasteiger partial charge is 0.491 e. The van der Waals surface area contributed by atoms with Crippen LogP contribution in [-0.2, 0) is 11.2 Å². The molecule has 2 aliphatic rings. The van der Waals surface area contributed by atoms with E-state index in [2.05, 4.69) is 30.8 Å². The van der Waals surface area contributed by atoms with E-state index in [9.17, 15) is 4.39 Å². The summed E-state index contributed by atoms with van der Waals surface area (Å²) in [6, 6.07) is 13.8. The van der Waals surface area contributed by atoms with Gasteiger partial charge in [-0.15, -0.1) is 6.58 Å². The minimum Gasteiger partial charge on any atom is -0.491 e. The molecule has 1 aliphatic heterocycles. The first-order valence-corrected chi connectivity index (χ1v) is 12.4. The number of aryl methyl sites for hydroxylation is 1. The van der Waals surface area contributed by atoms with Crippen molar-refractivity contribution >= 4 is 0 Å². The highest BCUT2D eigenvalue weighted by molar-refractivity contribution is 5.64. The summed E-state index contributed by atoms with van der Waals surface area (Å²) in [5, 5.41) is 0. The molecule has 4 rings (SSSR count). The summed E-state index contributed by atoms with van der Waals surface area (Å²) < 4.78 is 25.4. The Morgan fingerprint density at radius 1 is 0.969 bits per heavy atom. The first-order chi connectivity index (χ1) is 15.7. The molecule has 0 N–H and O–H groups in total. The van der Waals surface area contributed by atoms with Gasteiger partial charge in [-0.05, 0) is 92.0 Å². The van der Waals surface area contributed by atoms with Gasteiger partial charge in [0.1, 0.15) is 0 Å². The van der Waals surface area contributed by atoms with E-state index in [4.69, 9.17) is 9.47 Å². The van der Waals surface area contributed by atoms with E-state index in [1.54, 1.807) is 12.1 Å². The summed E-state index contributed by atoms with van der Waals surface area (Å²) in [5.74, 6) is 2.47. The number of benzene rings is 2. The number of rotatable bonds is 8. The molecule has 2 nitrogen and oxygen atoms in total. The average molecular weight is 437 g/mol. The molecule has 2 fully saturated rings. The van der Waals surface area contributed by atoms with E-state index < -0.39 is 0 Å². The topological polar surface area (TPSA) is 18.5 Å². The molecular weight excluding hydrogens is 399 g/mol. The van der Waals surface area contributed by atoms with E-state index in [1.807, 2.05) is 19.1 Å². The van der Waals surface area contributed by atoms with Gasteiger partial charge in [0.25, 0.3) is 0 Å². The molecule has 3 heteroatoms. The summed E-state index contributed by atoms with van der Waals surface area (Å²) >= 11 is 0. The lowest BCUT2D eigenvalue weighted by atomic mass is 9.72. The molecule has 2 atom stereocenters. The Hall–Kier alpha value is -2.13. The summed E-state index contributed by atoms with van der Waals surface area (Å²) in [5.41, 5.74) is 3.31. The van der Waals surface area contributed by atoms with E-state index in [1.165, 1.54) is 44.1 Å². The third kappa shape index (κ3) is 5.81. The lowest BCUT2D eigenvalue weighted by Crippen LogP contribution is -2.31. The maximum absolute atomic E-state index is 14.2. The first kappa shape index (κ1) is 23.0. The van der Waals surface area contributed by atoms with Crippen LogP contribution >= 0.6 is 0 Å². The van der Waals surface area contributed by atoms with Gasteiger partial charge in [-0.25, -0.2) is 4.39 Å². The van der Waals surface area contributed by atoms with Crippen LogP contribution in [0.15, 0.2) is 55.1 Å². The lowest BCUT2D eigenvalue weighted by Gasteiger charge is -2.37. The highest BCUT2D eigenvalue weighted by Gasteiger charge is 2.30. The lowest BCUT2D eigenvalue weighted by molar-refractivity contribution is -0.0166. The fourth-order valence-corrected chi connectivity index (χ4v) is 5.49. The quantitative estimate of drug-likeness (QED) is 0.396. The number of ether oxygens (including phenoxy) is 2. The normalized spacial score (nSPS) is 25.9. The van der Waals surface area contributed by atoms with Crippen molar-refractivity contribution < 1.29 is 13.9 Å². The van der Waals surface area contributed by atoms with Gasteiger partial charge in [-0.3, -0.25) is 0 Å². The van der Waals surface area contributed by atoms with Crippen molar-refractivity contribution in [3.63, 3.8) is 0 Å². The summed E-state index contributed by atoms with van der Waals surface area (Å²) in [6.07, 6.45) is 12.5. The Balaban J connectivity index is 1.23. The molecule has 1 saturated carbocycles. The van der Waals surface area contributed by atoms with Crippen LogP contribution in [0.3, 0.4) is 0 Å². The molecule has 0 bridgehead atoms. The van der Waals surface area contributed by atoms with Crippen molar-refractivity contribution in [2.24, 2.45) is 17.8 Å². The van der Waals surface area contributed by atoms with Crippen LogP contribution in [0.25, 0.3) is 11.1 Å². The van der Waals surface area contributed by atoms with Crippen LogP contribution in [0.5, 0.6) is 5.75 Å². The van der Waals surface area contributed by atoms with Gasteiger partial charge >= 0.3 is 0 Å². The standard InChI is InChI=1S/C29H37FO2/c1-3-27-17-15-26(20-32-27)24-13-9-22(10-14-24)6-5-21-7-11-23(12-8-21)25-16-18-29(31-4-2)28(30)19-25/h3,7-8,11-12,16,18-19,22,24,26-27H,1,4-6,9-10,13-15,17,20H2,2H3. The van der Waals surface area contributed by atoms with Crippen LogP contribution in [-0.4, -0.2) is 19.3 Å². The summed E-state index contributed by atoms with van der Waals surface area (Å²) in [4.78, 5) is 0. The van der Waals surface area contributed by atoms with E-state index in [-0.39, 0.29) is 11.9 Å². The highest BCUT2D eigenvalue weighted by atomic mass is 19.1. The van der Waals surface area contributed by atoms with Crippen molar-refractivity contribution in [1.29, 1.82) is 0 Å². The number of hydrogen-bond acceptors (Lipinski definition) is 2. The van der Waals surface area contributed by atoms with Crippen LogP contribution in [0, 0.1) is 23.6 Å². The smallest absolute Gasteiger partial charge is 0.165 e. The first-order valence-electron chi connectivity index (χ1n) is 12.4. The zero-order valence-corrected chi connectivity index (χ0v) is 19.4. The van der Waals surface area contributed by atoms with Crippen molar-refractivity contribution in [2.45, 2.75) is 64.4 Å². The molecule has 32 heavy (non-hydrogen) atoms. The molecule has 2 aromatic rings. The van der Waals surface area contributed by atoms with Gasteiger partial charge < -0.3 is 9.47 Å². The monoisotopic (exact) mass is 436 g/mol. The summed E-state index contributed by atoms with van der Waals surface area (Å²) in [7, 11) is 0. The zero-order chi connectivity index (χ0) is 22.3. The average Bonchev–Trinajstić information content (AvgIpc) is 2.85. The highest BCUT2D eigenvalue weighted by Crippen LogP contribution is 2.39. The van der Waals surface area contributed by atoms with Crippen LogP contribution in [0.4, 0.5) is 4.39 Å². The fraction of sp³-hybridized carbons (Fsp3) is 0.517. The molecule has 0 spiro atoms. The van der Waals surface area contributed by atoms with Crippen molar-refractivity contribution in [3.8, 4) is 16.9 Å². The maximum atomic E-state index is 14.2. The molecule has 0 amide bonds. The third-order valence-corrected chi connectivity index (χ3v) is 7.53. The van der Waals surface area contributed by atoms with Crippen molar-refractivity contribution in [1.82, 2.24) is 0 Å². The van der Waals surface area contributed by atoms with E-state index in [0.717, 1.165) is 48.3 Å². The van der Waals surface area contributed by atoms with Gasteiger partial charge in [0.2, 0.25) is 0 Å². The second kappa shape index (κ2) is 11.1. The van der Waals surface area contributed by atoms with Gasteiger partial charge in [0.15, 0.2) is 11.6 Å². The second-order valence-electron chi connectivity index (χ2n) is 9.54. The zero-order valence-electron chi connectivity index (χ0n) is 19.4. The molecule has 0 radical (unpaired) electrons. The Morgan fingerprint density at radius 3 is 2.31 bits per heavy atom. The van der Waals surface area contributed by atoms with Gasteiger partial charge in [-0.2, -0.15) is 0 Å². The molecule has 172 valence electrons. The van der Waals surface area contributed by atoms with E-state index in [0.29, 0.717) is 12.4 Å². The van der Waals surface area contributed by atoms with Gasteiger partial charge in [0, 0.05) is 0 Å². The molecule has 2 aromatic carbocycles. The minimum absolute atomic E-state index is 0.280. The second-order valence-corrected chi connectivity index (χ2v) is 9.54. The number of halogens is 1.